The van der Waals surface area contributed by atoms with E-state index >= 15 is 0 Å². The minimum Gasteiger partial charge on any atom is -0.351 e. The summed E-state index contributed by atoms with van der Waals surface area (Å²) in [6.45, 7) is 3.97. The van der Waals surface area contributed by atoms with Gasteiger partial charge in [-0.1, -0.05) is 0 Å². The molecule has 0 fully saturated rings. The van der Waals surface area contributed by atoms with Crippen molar-refractivity contribution in [2.24, 2.45) is 0 Å². The molecule has 74 valence electrons. The van der Waals surface area contributed by atoms with Crippen molar-refractivity contribution in [2.75, 3.05) is 7.05 Å². The van der Waals surface area contributed by atoms with E-state index in [1.54, 1.807) is 6.08 Å². The molecule has 1 heterocycles. The van der Waals surface area contributed by atoms with Crippen molar-refractivity contribution in [3.05, 3.63) is 47.3 Å². The Morgan fingerprint density at radius 3 is 2.86 bits per heavy atom. The van der Waals surface area contributed by atoms with Crippen LogP contribution in [-0.2, 0) is 4.79 Å². The average molecular weight is 189 g/mol. The van der Waals surface area contributed by atoms with Gasteiger partial charge in [0, 0.05) is 18.9 Å². The van der Waals surface area contributed by atoms with Crippen LogP contribution in [0.3, 0.4) is 0 Å². The van der Waals surface area contributed by atoms with Gasteiger partial charge >= 0.3 is 0 Å². The maximum Gasteiger partial charge on any atom is 0.143 e. The van der Waals surface area contributed by atoms with Crippen LogP contribution < -0.4 is 0 Å². The van der Waals surface area contributed by atoms with Gasteiger partial charge in [0.2, 0.25) is 0 Å². The number of allylic oxidation sites excluding steroid dienone is 6. The van der Waals surface area contributed by atoms with E-state index < -0.39 is 0 Å². The average Bonchev–Trinajstić information content (AvgIpc) is 2.12. The van der Waals surface area contributed by atoms with E-state index in [1.807, 2.05) is 31.1 Å². The van der Waals surface area contributed by atoms with Crippen LogP contribution in [-0.4, -0.2) is 18.2 Å². The normalized spacial score (nSPS) is 19.9. The number of hydrogen-bond donors (Lipinski definition) is 0. The molecule has 1 rings (SSSR count). The molecule has 1 aliphatic heterocycles. The fourth-order valence-electron chi connectivity index (χ4n) is 1.23. The van der Waals surface area contributed by atoms with E-state index in [-0.39, 0.29) is 0 Å². The topological polar surface area (TPSA) is 20.3 Å². The molecule has 0 aliphatic carbocycles. The summed E-state index contributed by atoms with van der Waals surface area (Å²) >= 11 is 0. The van der Waals surface area contributed by atoms with E-state index in [1.165, 1.54) is 5.57 Å². The lowest BCUT2D eigenvalue weighted by Crippen LogP contribution is -2.11. The number of hydrogen-bond acceptors (Lipinski definition) is 2. The molecule has 0 unspecified atom stereocenters. The number of carbonyl (C=O) groups is 1. The molecule has 0 atom stereocenters. The van der Waals surface area contributed by atoms with Crippen molar-refractivity contribution in [3.63, 3.8) is 0 Å². The molecular weight excluding hydrogens is 174 g/mol. The fraction of sp³-hybridized carbons (Fsp3) is 0.250. The second-order valence-electron chi connectivity index (χ2n) is 3.43. The Labute approximate surface area is 84.9 Å². The molecule has 0 aromatic heterocycles. The quantitative estimate of drug-likeness (QED) is 0.491. The summed E-state index contributed by atoms with van der Waals surface area (Å²) in [5, 5.41) is 0. The molecule has 0 radical (unpaired) electrons. The Morgan fingerprint density at radius 2 is 2.21 bits per heavy atom. The summed E-state index contributed by atoms with van der Waals surface area (Å²) < 4.78 is 0. The first-order chi connectivity index (χ1) is 6.63. The first kappa shape index (κ1) is 10.5. The lowest BCUT2D eigenvalue weighted by Gasteiger charge is -2.19. The first-order valence-corrected chi connectivity index (χ1v) is 4.56. The number of carbonyl (C=O) groups excluding carboxylic acids is 1. The number of nitrogens with zero attached hydrogens (tertiary/aromatic N) is 1. The molecule has 0 N–H and O–H groups in total. The second kappa shape index (κ2) is 4.61. The number of likely N-dealkylation sites (N-methyl/N-ethyl adjacent to an activating group) is 1. The van der Waals surface area contributed by atoms with Gasteiger partial charge in [0.15, 0.2) is 0 Å². The molecule has 0 saturated heterocycles. The zero-order chi connectivity index (χ0) is 10.6. The van der Waals surface area contributed by atoms with Crippen LogP contribution in [0, 0.1) is 0 Å². The van der Waals surface area contributed by atoms with Gasteiger partial charge in [-0.3, -0.25) is 4.79 Å². The zero-order valence-electron chi connectivity index (χ0n) is 8.82. The predicted octanol–water partition coefficient (Wildman–Crippen LogP) is 2.42. The smallest absolute Gasteiger partial charge is 0.143 e. The standard InChI is InChI=1S/C12H15NO/c1-10-4-6-13(3)12(8-10)9-11(2)5-7-14/h4-9H,1-3H3/b11-5-,12-9-. The van der Waals surface area contributed by atoms with Crippen molar-refractivity contribution in [3.8, 4) is 0 Å². The Kier molecular flexibility index (Phi) is 3.46. The maximum atomic E-state index is 10.3. The SMILES string of the molecule is CC1=C/C(=C/C(C)=C\C=O)N(C)C=C1. The van der Waals surface area contributed by atoms with Crippen molar-refractivity contribution >= 4 is 6.29 Å². The van der Waals surface area contributed by atoms with Crippen molar-refractivity contribution in [1.82, 2.24) is 4.90 Å². The third kappa shape index (κ3) is 2.73. The summed E-state index contributed by atoms with van der Waals surface area (Å²) in [5.74, 6) is 0. The van der Waals surface area contributed by atoms with Gasteiger partial charge in [-0.15, -0.1) is 0 Å². The molecule has 0 aromatic rings. The minimum absolute atomic E-state index is 0.807. The highest BCUT2D eigenvalue weighted by atomic mass is 16.1. The molecule has 0 aromatic carbocycles. The Bertz CT molecular complexity index is 345. The Morgan fingerprint density at radius 1 is 1.50 bits per heavy atom. The van der Waals surface area contributed by atoms with Crippen LogP contribution in [0.4, 0.5) is 0 Å². The van der Waals surface area contributed by atoms with Gasteiger partial charge in [-0.25, -0.2) is 0 Å². The predicted molar refractivity (Wildman–Crippen MR) is 58.6 cm³/mol. The number of rotatable bonds is 2. The van der Waals surface area contributed by atoms with Gasteiger partial charge in [0.1, 0.15) is 6.29 Å². The van der Waals surface area contributed by atoms with Crippen LogP contribution in [0.5, 0.6) is 0 Å². The lowest BCUT2D eigenvalue weighted by atomic mass is 10.1. The second-order valence-corrected chi connectivity index (χ2v) is 3.43. The number of aldehydes is 1. The zero-order valence-corrected chi connectivity index (χ0v) is 8.82. The van der Waals surface area contributed by atoms with E-state index in [0.717, 1.165) is 17.6 Å². The van der Waals surface area contributed by atoms with Gasteiger partial charge in [0.25, 0.3) is 0 Å². The highest BCUT2D eigenvalue weighted by molar-refractivity contribution is 5.67. The monoisotopic (exact) mass is 189 g/mol. The van der Waals surface area contributed by atoms with Crippen LogP contribution in [0.25, 0.3) is 0 Å². The van der Waals surface area contributed by atoms with Gasteiger partial charge < -0.3 is 4.90 Å². The molecule has 1 aliphatic rings. The Balaban J connectivity index is 2.92. The fourth-order valence-corrected chi connectivity index (χ4v) is 1.23. The largest absolute Gasteiger partial charge is 0.351 e. The summed E-state index contributed by atoms with van der Waals surface area (Å²) in [4.78, 5) is 12.3. The van der Waals surface area contributed by atoms with Crippen LogP contribution in [0.15, 0.2) is 47.3 Å². The third-order valence-electron chi connectivity index (χ3n) is 2.05. The molecule has 0 saturated carbocycles. The Hall–Kier alpha value is -1.57. The lowest BCUT2D eigenvalue weighted by molar-refractivity contribution is -0.104. The van der Waals surface area contributed by atoms with Crippen molar-refractivity contribution in [1.29, 1.82) is 0 Å². The highest BCUT2D eigenvalue weighted by Crippen LogP contribution is 2.16. The van der Waals surface area contributed by atoms with Gasteiger partial charge in [-0.05, 0) is 49.3 Å². The summed E-state index contributed by atoms with van der Waals surface area (Å²) in [6, 6.07) is 0. The van der Waals surface area contributed by atoms with E-state index in [4.69, 9.17) is 0 Å². The molecule has 0 amide bonds. The molecule has 2 nitrogen and oxygen atoms in total. The van der Waals surface area contributed by atoms with Crippen LogP contribution in [0.2, 0.25) is 0 Å². The van der Waals surface area contributed by atoms with Crippen LogP contribution in [0.1, 0.15) is 13.8 Å². The summed E-state index contributed by atoms with van der Waals surface area (Å²) in [5.41, 5.74) is 3.27. The summed E-state index contributed by atoms with van der Waals surface area (Å²) in [6.07, 6.45) is 10.5. The van der Waals surface area contributed by atoms with Crippen LogP contribution >= 0.6 is 0 Å². The van der Waals surface area contributed by atoms with E-state index in [2.05, 4.69) is 19.1 Å². The molecule has 14 heavy (non-hydrogen) atoms. The summed E-state index contributed by atoms with van der Waals surface area (Å²) in [7, 11) is 1.99. The maximum absolute atomic E-state index is 10.3. The minimum atomic E-state index is 0.807. The molecule has 0 spiro atoms. The molecule has 2 heteroatoms. The molecular formula is C12H15NO. The van der Waals surface area contributed by atoms with E-state index in [0.29, 0.717) is 0 Å². The van der Waals surface area contributed by atoms with Crippen molar-refractivity contribution in [2.45, 2.75) is 13.8 Å². The first-order valence-electron chi connectivity index (χ1n) is 4.56. The molecule has 0 bridgehead atoms. The van der Waals surface area contributed by atoms with Crippen molar-refractivity contribution < 1.29 is 4.79 Å². The third-order valence-corrected chi connectivity index (χ3v) is 2.05. The van der Waals surface area contributed by atoms with Gasteiger partial charge in [0.05, 0.1) is 0 Å². The van der Waals surface area contributed by atoms with Gasteiger partial charge in [-0.2, -0.15) is 0 Å². The highest BCUT2D eigenvalue weighted by Gasteiger charge is 2.03. The van der Waals surface area contributed by atoms with E-state index in [9.17, 15) is 4.79 Å².